The summed E-state index contributed by atoms with van der Waals surface area (Å²) in [4.78, 5) is 17.3. The first-order chi connectivity index (χ1) is 11.7. The molecule has 0 aliphatic carbocycles. The Morgan fingerprint density at radius 1 is 1.04 bits per heavy atom. The molecule has 1 atom stereocenters. The first-order valence-corrected chi connectivity index (χ1v) is 8.16. The summed E-state index contributed by atoms with van der Waals surface area (Å²) in [6.45, 7) is 2.64. The number of carbonyl (C=O) groups is 1. The third-order valence-electron chi connectivity index (χ3n) is 4.65. The number of piperazine rings is 1. The van der Waals surface area contributed by atoms with Crippen molar-refractivity contribution in [1.29, 1.82) is 0 Å². The highest BCUT2D eigenvalue weighted by molar-refractivity contribution is 5.95. The number of likely N-dealkylation sites (N-methyl/N-ethyl adjacent to an activating group) is 1. The Bertz CT molecular complexity index is 748. The monoisotopic (exact) mass is 324 g/mol. The van der Waals surface area contributed by atoms with E-state index in [1.54, 1.807) is 6.07 Å². The minimum absolute atomic E-state index is 0.0373. The third-order valence-corrected chi connectivity index (χ3v) is 4.65. The fraction of sp³-hybridized carbons (Fsp3) is 0.316. The molecule has 5 heteroatoms. The van der Waals surface area contributed by atoms with Crippen molar-refractivity contribution in [2.45, 2.75) is 6.04 Å². The van der Waals surface area contributed by atoms with Gasteiger partial charge >= 0.3 is 0 Å². The first-order valence-electron chi connectivity index (χ1n) is 8.16. The molecule has 0 radical (unpaired) electrons. The van der Waals surface area contributed by atoms with Gasteiger partial charge in [-0.1, -0.05) is 30.3 Å². The molecule has 1 amide bonds. The molecule has 2 aliphatic heterocycles. The van der Waals surface area contributed by atoms with Crippen LogP contribution in [0.5, 0.6) is 11.5 Å². The minimum atomic E-state index is 0.0373. The molecular formula is C19H20N2O3. The first kappa shape index (κ1) is 15.0. The predicted octanol–water partition coefficient (Wildman–Crippen LogP) is 2.54. The molecule has 0 saturated carbocycles. The van der Waals surface area contributed by atoms with Crippen molar-refractivity contribution in [1.82, 2.24) is 9.80 Å². The zero-order chi connectivity index (χ0) is 16.5. The van der Waals surface area contributed by atoms with Gasteiger partial charge < -0.3 is 19.3 Å². The molecule has 5 nitrogen and oxygen atoms in total. The van der Waals surface area contributed by atoms with Gasteiger partial charge in [0.2, 0.25) is 6.79 Å². The summed E-state index contributed by atoms with van der Waals surface area (Å²) in [6, 6.07) is 15.7. The highest BCUT2D eigenvalue weighted by Gasteiger charge is 2.31. The third kappa shape index (κ3) is 2.71. The second kappa shape index (κ2) is 6.17. The van der Waals surface area contributed by atoms with Crippen molar-refractivity contribution in [3.05, 3.63) is 59.7 Å². The molecule has 1 fully saturated rings. The average Bonchev–Trinajstić information content (AvgIpc) is 3.09. The van der Waals surface area contributed by atoms with Gasteiger partial charge in [-0.05, 0) is 30.8 Å². The van der Waals surface area contributed by atoms with Gasteiger partial charge in [0.05, 0.1) is 6.04 Å². The standard InChI is InChI=1S/C19H20N2O3/c1-20-9-10-21(16(12-20)14-5-3-2-4-6-14)19(22)15-7-8-17-18(11-15)24-13-23-17/h2-8,11,16H,9-10,12-13H2,1H3/t16-/m0/s1. The molecule has 24 heavy (non-hydrogen) atoms. The molecule has 2 heterocycles. The molecule has 0 spiro atoms. The summed E-state index contributed by atoms with van der Waals surface area (Å²) in [7, 11) is 2.10. The van der Waals surface area contributed by atoms with Crippen LogP contribution < -0.4 is 9.47 Å². The summed E-state index contributed by atoms with van der Waals surface area (Å²) >= 11 is 0. The molecule has 2 aliphatic rings. The smallest absolute Gasteiger partial charge is 0.254 e. The molecule has 0 bridgehead atoms. The van der Waals surface area contributed by atoms with E-state index in [9.17, 15) is 4.79 Å². The lowest BCUT2D eigenvalue weighted by Gasteiger charge is -2.40. The summed E-state index contributed by atoms with van der Waals surface area (Å²) in [5, 5.41) is 0. The molecule has 1 saturated heterocycles. The van der Waals surface area contributed by atoms with E-state index in [0.29, 0.717) is 23.6 Å². The van der Waals surface area contributed by atoms with Gasteiger partial charge in [-0.15, -0.1) is 0 Å². The van der Waals surface area contributed by atoms with E-state index < -0.39 is 0 Å². The Hall–Kier alpha value is -2.53. The fourth-order valence-corrected chi connectivity index (χ4v) is 3.32. The van der Waals surface area contributed by atoms with E-state index in [1.807, 2.05) is 35.2 Å². The number of benzene rings is 2. The van der Waals surface area contributed by atoms with Gasteiger partial charge in [0, 0.05) is 25.2 Å². The summed E-state index contributed by atoms with van der Waals surface area (Å²) in [5.74, 6) is 1.38. The van der Waals surface area contributed by atoms with Gasteiger partial charge in [-0.2, -0.15) is 0 Å². The van der Waals surface area contributed by atoms with Crippen molar-refractivity contribution < 1.29 is 14.3 Å². The SMILES string of the molecule is CN1CCN(C(=O)c2ccc3c(c2)OCO3)[C@H](c2ccccc2)C1. The molecular weight excluding hydrogens is 304 g/mol. The Morgan fingerprint density at radius 2 is 1.83 bits per heavy atom. The quantitative estimate of drug-likeness (QED) is 0.851. The lowest BCUT2D eigenvalue weighted by molar-refractivity contribution is 0.0497. The number of hydrogen-bond donors (Lipinski definition) is 0. The van der Waals surface area contributed by atoms with E-state index in [4.69, 9.17) is 9.47 Å². The highest BCUT2D eigenvalue weighted by Crippen LogP contribution is 2.34. The molecule has 0 aromatic heterocycles. The Kier molecular flexibility index (Phi) is 3.86. The Balaban J connectivity index is 1.64. The maximum absolute atomic E-state index is 13.1. The van der Waals surface area contributed by atoms with Crippen molar-refractivity contribution in [2.75, 3.05) is 33.5 Å². The number of carbonyl (C=O) groups excluding carboxylic acids is 1. The van der Waals surface area contributed by atoms with Gasteiger partial charge in [0.1, 0.15) is 0 Å². The van der Waals surface area contributed by atoms with Gasteiger partial charge in [0.15, 0.2) is 11.5 Å². The number of nitrogens with zero attached hydrogens (tertiary/aromatic N) is 2. The number of fused-ring (bicyclic) bond motifs is 1. The largest absolute Gasteiger partial charge is 0.454 e. The topological polar surface area (TPSA) is 42.0 Å². The normalized spacial score (nSPS) is 20.2. The van der Waals surface area contributed by atoms with Crippen LogP contribution >= 0.6 is 0 Å². The second-order valence-electron chi connectivity index (χ2n) is 6.26. The number of rotatable bonds is 2. The zero-order valence-electron chi connectivity index (χ0n) is 13.6. The Labute approximate surface area is 141 Å². The van der Waals surface area contributed by atoms with Crippen LogP contribution in [0.3, 0.4) is 0 Å². The lowest BCUT2D eigenvalue weighted by Crippen LogP contribution is -2.49. The van der Waals surface area contributed by atoms with Crippen LogP contribution in [0.15, 0.2) is 48.5 Å². The average molecular weight is 324 g/mol. The molecule has 0 unspecified atom stereocenters. The molecule has 0 N–H and O–H groups in total. The van der Waals surface area contributed by atoms with Crippen LogP contribution in [-0.2, 0) is 0 Å². The van der Waals surface area contributed by atoms with Gasteiger partial charge in [-0.3, -0.25) is 4.79 Å². The number of ether oxygens (including phenoxy) is 2. The maximum atomic E-state index is 13.1. The van der Waals surface area contributed by atoms with Crippen LogP contribution in [0, 0.1) is 0 Å². The van der Waals surface area contributed by atoms with Crippen LogP contribution in [-0.4, -0.2) is 49.2 Å². The van der Waals surface area contributed by atoms with E-state index in [2.05, 4.69) is 24.1 Å². The van der Waals surface area contributed by atoms with E-state index in [0.717, 1.165) is 18.7 Å². The zero-order valence-corrected chi connectivity index (χ0v) is 13.6. The van der Waals surface area contributed by atoms with Gasteiger partial charge in [-0.25, -0.2) is 0 Å². The van der Waals surface area contributed by atoms with Gasteiger partial charge in [0.25, 0.3) is 5.91 Å². The second-order valence-corrected chi connectivity index (χ2v) is 6.26. The summed E-state index contributed by atoms with van der Waals surface area (Å²) < 4.78 is 10.7. The van der Waals surface area contributed by atoms with Crippen molar-refractivity contribution in [3.8, 4) is 11.5 Å². The van der Waals surface area contributed by atoms with Crippen molar-refractivity contribution in [2.24, 2.45) is 0 Å². The van der Waals surface area contributed by atoms with E-state index in [1.165, 1.54) is 0 Å². The lowest BCUT2D eigenvalue weighted by atomic mass is 10.0. The van der Waals surface area contributed by atoms with Crippen LogP contribution in [0.4, 0.5) is 0 Å². The molecule has 124 valence electrons. The predicted molar refractivity (Wildman–Crippen MR) is 90.3 cm³/mol. The van der Waals surface area contributed by atoms with Crippen molar-refractivity contribution in [3.63, 3.8) is 0 Å². The molecule has 4 rings (SSSR count). The number of hydrogen-bond acceptors (Lipinski definition) is 4. The van der Waals surface area contributed by atoms with E-state index >= 15 is 0 Å². The minimum Gasteiger partial charge on any atom is -0.454 e. The van der Waals surface area contributed by atoms with Crippen LogP contribution in [0.25, 0.3) is 0 Å². The fourth-order valence-electron chi connectivity index (χ4n) is 3.32. The van der Waals surface area contributed by atoms with E-state index in [-0.39, 0.29) is 18.7 Å². The molecule has 2 aromatic rings. The van der Waals surface area contributed by atoms with Crippen LogP contribution in [0.2, 0.25) is 0 Å². The Morgan fingerprint density at radius 3 is 2.67 bits per heavy atom. The summed E-state index contributed by atoms with van der Waals surface area (Å²) in [5.41, 5.74) is 1.81. The highest BCUT2D eigenvalue weighted by atomic mass is 16.7. The van der Waals surface area contributed by atoms with Crippen molar-refractivity contribution >= 4 is 5.91 Å². The maximum Gasteiger partial charge on any atom is 0.254 e. The van der Waals surface area contributed by atoms with Crippen LogP contribution in [0.1, 0.15) is 22.0 Å². The number of amides is 1. The summed E-state index contributed by atoms with van der Waals surface area (Å²) in [6.07, 6.45) is 0. The molecule has 2 aromatic carbocycles.